The molecular formula is C14H18BrFN4. The molecule has 0 aliphatic rings. The first-order valence-corrected chi connectivity index (χ1v) is 7.15. The molecule has 2 aromatic rings. The highest BCUT2D eigenvalue weighted by Gasteiger charge is 2.17. The van der Waals surface area contributed by atoms with Crippen LogP contribution in [0.25, 0.3) is 0 Å². The molecule has 0 atom stereocenters. The largest absolute Gasteiger partial charge is 0.394 e. The van der Waals surface area contributed by atoms with Gasteiger partial charge in [-0.1, -0.05) is 13.8 Å². The van der Waals surface area contributed by atoms with E-state index in [4.69, 9.17) is 5.73 Å². The van der Waals surface area contributed by atoms with Gasteiger partial charge in [-0.2, -0.15) is 5.10 Å². The molecule has 1 aromatic heterocycles. The van der Waals surface area contributed by atoms with Crippen molar-refractivity contribution < 1.29 is 4.39 Å². The highest BCUT2D eigenvalue weighted by molar-refractivity contribution is 9.10. The van der Waals surface area contributed by atoms with Crippen LogP contribution in [-0.2, 0) is 7.05 Å². The minimum absolute atomic E-state index is 0.248. The lowest BCUT2D eigenvalue weighted by atomic mass is 10.1. The summed E-state index contributed by atoms with van der Waals surface area (Å²) in [5.41, 5.74) is 9.22. The first kappa shape index (κ1) is 14.8. The number of anilines is 3. The Kier molecular flexibility index (Phi) is 4.04. The molecule has 0 radical (unpaired) electrons. The summed E-state index contributed by atoms with van der Waals surface area (Å²) in [7, 11) is 1.83. The standard InChI is InChI=1S/C14H18BrFN4/c1-7(2)13-12(17)14(20(4)19-13)18-11-6-9(15)10(16)5-8(11)3/h5-7,18H,17H2,1-4H3. The van der Waals surface area contributed by atoms with Crippen LogP contribution in [0.5, 0.6) is 0 Å². The summed E-state index contributed by atoms with van der Waals surface area (Å²) in [4.78, 5) is 0. The van der Waals surface area contributed by atoms with Crippen LogP contribution < -0.4 is 11.1 Å². The Morgan fingerprint density at radius 3 is 2.60 bits per heavy atom. The van der Waals surface area contributed by atoms with Gasteiger partial charge in [0.1, 0.15) is 5.82 Å². The molecule has 0 saturated heterocycles. The number of nitrogens with zero attached hydrogens (tertiary/aromatic N) is 2. The van der Waals surface area contributed by atoms with Crippen molar-refractivity contribution in [1.82, 2.24) is 9.78 Å². The van der Waals surface area contributed by atoms with Gasteiger partial charge in [0, 0.05) is 12.7 Å². The van der Waals surface area contributed by atoms with E-state index in [-0.39, 0.29) is 11.7 Å². The maximum atomic E-state index is 13.4. The van der Waals surface area contributed by atoms with Crippen LogP contribution in [0.2, 0.25) is 0 Å². The molecule has 2 rings (SSSR count). The predicted octanol–water partition coefficient (Wildman–Crippen LogP) is 4.08. The first-order chi connectivity index (χ1) is 9.31. The van der Waals surface area contributed by atoms with E-state index in [1.54, 1.807) is 10.7 Å². The zero-order valence-corrected chi connectivity index (χ0v) is 13.5. The molecule has 0 unspecified atom stereocenters. The second kappa shape index (κ2) is 5.44. The Morgan fingerprint density at radius 1 is 1.40 bits per heavy atom. The van der Waals surface area contributed by atoms with Crippen molar-refractivity contribution in [2.45, 2.75) is 26.7 Å². The van der Waals surface area contributed by atoms with Gasteiger partial charge in [-0.3, -0.25) is 4.68 Å². The van der Waals surface area contributed by atoms with E-state index in [0.717, 1.165) is 22.8 Å². The monoisotopic (exact) mass is 340 g/mol. The topological polar surface area (TPSA) is 55.9 Å². The summed E-state index contributed by atoms with van der Waals surface area (Å²) in [6.07, 6.45) is 0. The number of aryl methyl sites for hydroxylation is 2. The van der Waals surface area contributed by atoms with E-state index in [9.17, 15) is 4.39 Å². The number of nitrogens with two attached hydrogens (primary N) is 1. The molecule has 20 heavy (non-hydrogen) atoms. The Morgan fingerprint density at radius 2 is 2.05 bits per heavy atom. The van der Waals surface area contributed by atoms with Gasteiger partial charge in [0.2, 0.25) is 0 Å². The molecule has 108 valence electrons. The van der Waals surface area contributed by atoms with Gasteiger partial charge in [0.05, 0.1) is 15.9 Å². The van der Waals surface area contributed by atoms with E-state index in [1.807, 2.05) is 27.8 Å². The minimum Gasteiger partial charge on any atom is -0.394 e. The molecule has 0 saturated carbocycles. The summed E-state index contributed by atoms with van der Waals surface area (Å²) in [6.45, 7) is 5.93. The second-order valence-electron chi connectivity index (χ2n) is 5.13. The summed E-state index contributed by atoms with van der Waals surface area (Å²) in [5, 5.41) is 7.65. The van der Waals surface area contributed by atoms with Crippen molar-refractivity contribution >= 4 is 33.1 Å². The number of nitrogen functional groups attached to an aromatic ring is 1. The average Bonchev–Trinajstić information content (AvgIpc) is 2.63. The number of benzene rings is 1. The molecule has 0 amide bonds. The van der Waals surface area contributed by atoms with Crippen molar-refractivity contribution in [3.8, 4) is 0 Å². The molecule has 0 spiro atoms. The summed E-state index contributed by atoms with van der Waals surface area (Å²) in [6, 6.07) is 3.18. The van der Waals surface area contributed by atoms with Crippen LogP contribution in [-0.4, -0.2) is 9.78 Å². The Labute approximate surface area is 126 Å². The molecular weight excluding hydrogens is 323 g/mol. The highest BCUT2D eigenvalue weighted by atomic mass is 79.9. The van der Waals surface area contributed by atoms with Gasteiger partial charge >= 0.3 is 0 Å². The Bertz CT molecular complexity index is 649. The van der Waals surface area contributed by atoms with Crippen molar-refractivity contribution in [2.75, 3.05) is 11.1 Å². The van der Waals surface area contributed by atoms with Crippen LogP contribution in [0.3, 0.4) is 0 Å². The third kappa shape index (κ3) is 2.65. The van der Waals surface area contributed by atoms with Crippen molar-refractivity contribution in [2.24, 2.45) is 7.05 Å². The summed E-state index contributed by atoms with van der Waals surface area (Å²) >= 11 is 3.19. The van der Waals surface area contributed by atoms with Gasteiger partial charge in [-0.15, -0.1) is 0 Å². The summed E-state index contributed by atoms with van der Waals surface area (Å²) < 4.78 is 15.6. The molecule has 0 aliphatic carbocycles. The lowest BCUT2D eigenvalue weighted by molar-refractivity contribution is 0.620. The van der Waals surface area contributed by atoms with E-state index in [1.165, 1.54) is 6.07 Å². The van der Waals surface area contributed by atoms with E-state index >= 15 is 0 Å². The third-order valence-electron chi connectivity index (χ3n) is 3.18. The smallest absolute Gasteiger partial charge is 0.152 e. The highest BCUT2D eigenvalue weighted by Crippen LogP contribution is 2.32. The van der Waals surface area contributed by atoms with E-state index in [0.29, 0.717) is 10.2 Å². The normalized spacial score (nSPS) is 11.2. The molecule has 1 aromatic carbocycles. The second-order valence-corrected chi connectivity index (χ2v) is 5.99. The van der Waals surface area contributed by atoms with Gasteiger partial charge in [0.25, 0.3) is 0 Å². The van der Waals surface area contributed by atoms with Crippen LogP contribution in [0.4, 0.5) is 21.6 Å². The molecule has 1 heterocycles. The predicted molar refractivity (Wildman–Crippen MR) is 83.8 cm³/mol. The minimum atomic E-state index is -0.283. The van der Waals surface area contributed by atoms with Gasteiger partial charge in [-0.05, 0) is 46.5 Å². The fourth-order valence-electron chi connectivity index (χ4n) is 2.04. The third-order valence-corrected chi connectivity index (χ3v) is 3.79. The molecule has 4 nitrogen and oxygen atoms in total. The molecule has 0 aliphatic heterocycles. The number of hydrogen-bond donors (Lipinski definition) is 2. The lowest BCUT2D eigenvalue weighted by Crippen LogP contribution is -2.03. The van der Waals surface area contributed by atoms with Crippen LogP contribution in [0.1, 0.15) is 31.0 Å². The SMILES string of the molecule is Cc1cc(F)c(Br)cc1Nc1c(N)c(C(C)C)nn1C. The molecule has 3 N–H and O–H groups in total. The number of rotatable bonds is 3. The Balaban J connectivity index is 2.43. The Hall–Kier alpha value is -1.56. The molecule has 0 bridgehead atoms. The van der Waals surface area contributed by atoms with Gasteiger partial charge < -0.3 is 11.1 Å². The van der Waals surface area contributed by atoms with Crippen LogP contribution in [0, 0.1) is 12.7 Å². The number of aromatic nitrogens is 2. The van der Waals surface area contributed by atoms with Crippen molar-refractivity contribution in [3.63, 3.8) is 0 Å². The van der Waals surface area contributed by atoms with Gasteiger partial charge in [-0.25, -0.2) is 4.39 Å². The number of halogens is 2. The average molecular weight is 341 g/mol. The lowest BCUT2D eigenvalue weighted by Gasteiger charge is -2.11. The van der Waals surface area contributed by atoms with E-state index in [2.05, 4.69) is 26.3 Å². The number of hydrogen-bond acceptors (Lipinski definition) is 3. The maximum absolute atomic E-state index is 13.4. The fourth-order valence-corrected chi connectivity index (χ4v) is 2.39. The van der Waals surface area contributed by atoms with Gasteiger partial charge in [0.15, 0.2) is 5.82 Å². The molecule has 6 heteroatoms. The van der Waals surface area contributed by atoms with Crippen LogP contribution >= 0.6 is 15.9 Å². The fraction of sp³-hybridized carbons (Fsp3) is 0.357. The van der Waals surface area contributed by atoms with Crippen molar-refractivity contribution in [1.29, 1.82) is 0 Å². The van der Waals surface area contributed by atoms with E-state index < -0.39 is 0 Å². The zero-order chi connectivity index (χ0) is 15.0. The maximum Gasteiger partial charge on any atom is 0.152 e. The quantitative estimate of drug-likeness (QED) is 0.884. The zero-order valence-electron chi connectivity index (χ0n) is 12.0. The first-order valence-electron chi connectivity index (χ1n) is 6.36. The molecule has 0 fully saturated rings. The number of nitrogens with one attached hydrogen (secondary N) is 1. The van der Waals surface area contributed by atoms with Crippen molar-refractivity contribution in [3.05, 3.63) is 33.7 Å². The van der Waals surface area contributed by atoms with Crippen LogP contribution in [0.15, 0.2) is 16.6 Å². The summed E-state index contributed by atoms with van der Waals surface area (Å²) in [5.74, 6) is 0.682.